The summed E-state index contributed by atoms with van der Waals surface area (Å²) in [6.07, 6.45) is 2.37. The van der Waals surface area contributed by atoms with Crippen LogP contribution in [-0.2, 0) is 21.2 Å². The summed E-state index contributed by atoms with van der Waals surface area (Å²) in [7, 11) is -3.57. The Kier molecular flexibility index (Phi) is 5.55. The van der Waals surface area contributed by atoms with E-state index < -0.39 is 15.8 Å². The van der Waals surface area contributed by atoms with Crippen LogP contribution in [0.4, 0.5) is 0 Å². The molecule has 140 valence electrons. The van der Waals surface area contributed by atoms with E-state index >= 15 is 0 Å². The number of carbonyl (C=O) groups is 1. The predicted octanol–water partition coefficient (Wildman–Crippen LogP) is 4.41. The molecule has 0 spiro atoms. The van der Waals surface area contributed by atoms with Gasteiger partial charge in [-0.25, -0.2) is 18.2 Å². The van der Waals surface area contributed by atoms with Gasteiger partial charge in [0.15, 0.2) is 9.84 Å². The number of aromatic nitrogens is 1. The quantitative estimate of drug-likeness (QED) is 0.562. The highest BCUT2D eigenvalue weighted by atomic mass is 35.5. The Morgan fingerprint density at radius 2 is 1.89 bits per heavy atom. The Morgan fingerprint density at radius 1 is 1.15 bits per heavy atom. The molecule has 0 saturated heterocycles. The Bertz CT molecular complexity index is 1110. The Labute approximate surface area is 165 Å². The van der Waals surface area contributed by atoms with E-state index in [2.05, 4.69) is 4.98 Å². The first kappa shape index (κ1) is 19.4. The third-order valence-electron chi connectivity index (χ3n) is 3.57. The van der Waals surface area contributed by atoms with Crippen LogP contribution in [0.2, 0.25) is 10.0 Å². The summed E-state index contributed by atoms with van der Waals surface area (Å²) in [5.74, 6) is -0.406. The van der Waals surface area contributed by atoms with E-state index in [9.17, 15) is 13.2 Å². The molecule has 1 aromatic heterocycles. The first-order valence-electron chi connectivity index (χ1n) is 7.62. The standard InChI is InChI=1S/C18H13Cl2NO5S/c1-27(23,24)16-8-11(6-7-15(16)20)18(22)26-10-12-9-25-17(21-12)13-4-2-3-5-14(13)19/h2-9H,10H2,1H3. The molecule has 0 bridgehead atoms. The lowest BCUT2D eigenvalue weighted by molar-refractivity contribution is 0.0467. The number of ether oxygens (including phenoxy) is 1. The summed E-state index contributed by atoms with van der Waals surface area (Å²) in [5.41, 5.74) is 1.07. The summed E-state index contributed by atoms with van der Waals surface area (Å²) >= 11 is 12.0. The molecule has 2 aromatic carbocycles. The molecule has 27 heavy (non-hydrogen) atoms. The van der Waals surface area contributed by atoms with Gasteiger partial charge in [0, 0.05) is 6.26 Å². The lowest BCUT2D eigenvalue weighted by Gasteiger charge is -2.06. The highest BCUT2D eigenvalue weighted by molar-refractivity contribution is 7.90. The van der Waals surface area contributed by atoms with E-state index in [1.807, 2.05) is 0 Å². The number of nitrogens with zero attached hydrogens (tertiary/aromatic N) is 1. The molecule has 0 saturated carbocycles. The molecular weight excluding hydrogens is 413 g/mol. The van der Waals surface area contributed by atoms with Gasteiger partial charge in [0.1, 0.15) is 18.6 Å². The van der Waals surface area contributed by atoms with Crippen molar-refractivity contribution in [3.05, 3.63) is 70.0 Å². The largest absolute Gasteiger partial charge is 0.455 e. The molecule has 9 heteroatoms. The number of sulfone groups is 1. The molecule has 6 nitrogen and oxygen atoms in total. The van der Waals surface area contributed by atoms with Crippen LogP contribution in [0.3, 0.4) is 0 Å². The third-order valence-corrected chi connectivity index (χ3v) is 5.48. The second-order valence-corrected chi connectivity index (χ2v) is 8.42. The van der Waals surface area contributed by atoms with Gasteiger partial charge in [-0.05, 0) is 30.3 Å². The normalized spacial score (nSPS) is 11.4. The fraction of sp³-hybridized carbons (Fsp3) is 0.111. The van der Waals surface area contributed by atoms with Crippen molar-refractivity contribution >= 4 is 39.0 Å². The number of rotatable bonds is 5. The minimum Gasteiger partial charge on any atom is -0.455 e. The molecule has 3 aromatic rings. The zero-order valence-electron chi connectivity index (χ0n) is 14.0. The van der Waals surface area contributed by atoms with E-state index in [1.54, 1.807) is 24.3 Å². The van der Waals surface area contributed by atoms with Gasteiger partial charge in [0.25, 0.3) is 0 Å². The molecule has 0 atom stereocenters. The van der Waals surface area contributed by atoms with Crippen LogP contribution in [-0.4, -0.2) is 25.6 Å². The van der Waals surface area contributed by atoms with Gasteiger partial charge in [-0.3, -0.25) is 0 Å². The molecule has 0 unspecified atom stereocenters. The van der Waals surface area contributed by atoms with Crippen molar-refractivity contribution in [1.82, 2.24) is 4.98 Å². The Hall–Kier alpha value is -2.35. The van der Waals surface area contributed by atoms with Gasteiger partial charge in [-0.1, -0.05) is 35.3 Å². The van der Waals surface area contributed by atoms with Crippen molar-refractivity contribution in [2.75, 3.05) is 6.26 Å². The van der Waals surface area contributed by atoms with Crippen molar-refractivity contribution in [3.8, 4) is 11.5 Å². The van der Waals surface area contributed by atoms with E-state index in [0.29, 0.717) is 22.2 Å². The van der Waals surface area contributed by atoms with Crippen LogP contribution in [0.15, 0.2) is 58.0 Å². The van der Waals surface area contributed by atoms with E-state index in [-0.39, 0.29) is 22.1 Å². The molecular formula is C18H13Cl2NO5S. The topological polar surface area (TPSA) is 86.5 Å². The summed E-state index contributed by atoms with van der Waals surface area (Å²) in [5, 5.41) is 0.521. The Balaban J connectivity index is 1.73. The van der Waals surface area contributed by atoms with E-state index in [4.69, 9.17) is 32.4 Å². The summed E-state index contributed by atoms with van der Waals surface area (Å²) in [4.78, 5) is 16.3. The van der Waals surface area contributed by atoms with Gasteiger partial charge in [-0.2, -0.15) is 0 Å². The summed E-state index contributed by atoms with van der Waals surface area (Å²) in [6, 6.07) is 10.9. The average molecular weight is 426 g/mol. The van der Waals surface area contributed by atoms with Crippen molar-refractivity contribution in [2.24, 2.45) is 0 Å². The zero-order chi connectivity index (χ0) is 19.6. The summed E-state index contributed by atoms with van der Waals surface area (Å²) < 4.78 is 33.9. The second-order valence-electron chi connectivity index (χ2n) is 5.62. The molecule has 0 aliphatic heterocycles. The Morgan fingerprint density at radius 3 is 2.59 bits per heavy atom. The summed E-state index contributed by atoms with van der Waals surface area (Å²) in [6.45, 7) is -0.149. The minimum absolute atomic E-state index is 0.0370. The second kappa shape index (κ2) is 7.72. The number of hydrogen-bond donors (Lipinski definition) is 0. The van der Waals surface area contributed by atoms with E-state index in [0.717, 1.165) is 6.26 Å². The smallest absolute Gasteiger partial charge is 0.338 e. The lowest BCUT2D eigenvalue weighted by atomic mass is 10.2. The first-order chi connectivity index (χ1) is 12.8. The number of halogens is 2. The van der Waals surface area contributed by atoms with Gasteiger partial charge in [0.05, 0.1) is 26.1 Å². The van der Waals surface area contributed by atoms with Gasteiger partial charge in [-0.15, -0.1) is 0 Å². The van der Waals surface area contributed by atoms with Crippen molar-refractivity contribution < 1.29 is 22.4 Å². The van der Waals surface area contributed by atoms with Crippen LogP contribution in [0, 0.1) is 0 Å². The molecule has 1 heterocycles. The van der Waals surface area contributed by atoms with Gasteiger partial charge >= 0.3 is 5.97 Å². The first-order valence-corrected chi connectivity index (χ1v) is 10.3. The maximum absolute atomic E-state index is 12.2. The fourth-order valence-corrected chi connectivity index (χ4v) is 3.79. The SMILES string of the molecule is CS(=O)(=O)c1cc(C(=O)OCc2coc(-c3ccccc3Cl)n2)ccc1Cl. The van der Waals surface area contributed by atoms with Gasteiger partial charge in [0.2, 0.25) is 5.89 Å². The van der Waals surface area contributed by atoms with Crippen LogP contribution in [0.1, 0.15) is 16.1 Å². The van der Waals surface area contributed by atoms with Crippen LogP contribution < -0.4 is 0 Å². The zero-order valence-corrected chi connectivity index (χ0v) is 16.3. The average Bonchev–Trinajstić information content (AvgIpc) is 3.08. The molecule has 0 amide bonds. The van der Waals surface area contributed by atoms with Crippen molar-refractivity contribution in [3.63, 3.8) is 0 Å². The van der Waals surface area contributed by atoms with Crippen LogP contribution >= 0.6 is 23.2 Å². The highest BCUT2D eigenvalue weighted by Crippen LogP contribution is 2.27. The number of carbonyl (C=O) groups excluding carboxylic acids is 1. The van der Waals surface area contributed by atoms with E-state index in [1.165, 1.54) is 24.5 Å². The number of hydrogen-bond acceptors (Lipinski definition) is 6. The number of benzene rings is 2. The van der Waals surface area contributed by atoms with Crippen molar-refractivity contribution in [2.45, 2.75) is 11.5 Å². The molecule has 0 N–H and O–H groups in total. The monoisotopic (exact) mass is 425 g/mol. The number of oxazole rings is 1. The number of esters is 1. The maximum Gasteiger partial charge on any atom is 0.338 e. The predicted molar refractivity (Wildman–Crippen MR) is 101 cm³/mol. The van der Waals surface area contributed by atoms with Crippen LogP contribution in [0.5, 0.6) is 0 Å². The molecule has 0 fully saturated rings. The lowest BCUT2D eigenvalue weighted by Crippen LogP contribution is -2.07. The van der Waals surface area contributed by atoms with Gasteiger partial charge < -0.3 is 9.15 Å². The molecule has 0 aliphatic rings. The van der Waals surface area contributed by atoms with Crippen LogP contribution in [0.25, 0.3) is 11.5 Å². The highest BCUT2D eigenvalue weighted by Gasteiger charge is 2.17. The minimum atomic E-state index is -3.57. The third kappa shape index (κ3) is 4.50. The molecule has 0 radical (unpaired) electrons. The molecule has 3 rings (SSSR count). The molecule has 0 aliphatic carbocycles. The maximum atomic E-state index is 12.2. The fourth-order valence-electron chi connectivity index (χ4n) is 2.27. The van der Waals surface area contributed by atoms with Crippen molar-refractivity contribution in [1.29, 1.82) is 0 Å².